The molecule has 11 heteroatoms. The van der Waals surface area contributed by atoms with Gasteiger partial charge in [0.25, 0.3) is 10.1 Å². The van der Waals surface area contributed by atoms with E-state index in [1.165, 1.54) is 12.1 Å². The van der Waals surface area contributed by atoms with E-state index in [1.807, 2.05) is 36.2 Å². The molecule has 0 aromatic heterocycles. The first-order chi connectivity index (χ1) is 21.5. The molecule has 45 heavy (non-hydrogen) atoms. The zero-order chi connectivity index (χ0) is 32.6. The molecule has 0 amide bonds. The lowest BCUT2D eigenvalue weighted by Crippen LogP contribution is -2.50. The molecule has 0 saturated carbocycles. The molecule has 6 atom stereocenters. The van der Waals surface area contributed by atoms with Crippen molar-refractivity contribution in [3.05, 3.63) is 89.3 Å². The van der Waals surface area contributed by atoms with Crippen molar-refractivity contribution >= 4 is 22.5 Å². The van der Waals surface area contributed by atoms with E-state index < -0.39 is 34.7 Å². The third kappa shape index (κ3) is 9.59. The minimum atomic E-state index is -4.20. The highest BCUT2D eigenvalue weighted by atomic mass is 32.2. The highest BCUT2D eigenvalue weighted by Gasteiger charge is 2.37. The molecule has 10 nitrogen and oxygen atoms in total. The Kier molecular flexibility index (Phi) is 12.1. The van der Waals surface area contributed by atoms with Gasteiger partial charge in [0, 0.05) is 18.3 Å². The van der Waals surface area contributed by atoms with E-state index >= 15 is 0 Å². The third-order valence-electron chi connectivity index (χ3n) is 8.39. The van der Waals surface area contributed by atoms with Gasteiger partial charge >= 0.3 is 0 Å². The van der Waals surface area contributed by atoms with Gasteiger partial charge in [-0.3, -0.25) is 4.55 Å². The Hall–Kier alpha value is -3.32. The van der Waals surface area contributed by atoms with Gasteiger partial charge in [0.15, 0.2) is 0 Å². The van der Waals surface area contributed by atoms with Gasteiger partial charge in [-0.1, -0.05) is 56.7 Å². The predicted octanol–water partition coefficient (Wildman–Crippen LogP) is 4.58. The first-order valence-electron chi connectivity index (χ1n) is 15.3. The molecule has 6 unspecified atom stereocenters. The molecule has 2 aliphatic rings. The topological polar surface area (TPSA) is 149 Å². The molecule has 4 rings (SSSR count). The molecular formula is C34H44N2O8S. The van der Waals surface area contributed by atoms with Crippen molar-refractivity contribution < 1.29 is 37.8 Å². The van der Waals surface area contributed by atoms with Gasteiger partial charge in [-0.25, -0.2) is 4.99 Å². The standard InChI is InChI=1S/C34H44N2O8S/c1-4-26(27(5-2)18-25-8-14-30(15-9-25)45(40,41)42)10-11-28-20-36(22-35-23(28)3)17-16-24-6-12-29(13-7-24)43-34-32(39)19-31(38)33(21-37)44-34/h6-17,22,26-27,31-34,37-39H,4-5,18-21H2,1-3H3,(H,40,41,42). The Morgan fingerprint density at radius 1 is 1.04 bits per heavy atom. The molecule has 0 spiro atoms. The molecule has 2 aromatic carbocycles. The Morgan fingerprint density at radius 3 is 2.38 bits per heavy atom. The fourth-order valence-corrected chi connectivity index (χ4v) is 6.01. The molecule has 244 valence electrons. The number of ether oxygens (including phenoxy) is 2. The number of rotatable bonds is 13. The zero-order valence-electron chi connectivity index (χ0n) is 25.9. The monoisotopic (exact) mass is 640 g/mol. The van der Waals surface area contributed by atoms with Crippen LogP contribution in [0.5, 0.6) is 5.75 Å². The van der Waals surface area contributed by atoms with Crippen molar-refractivity contribution in [2.75, 3.05) is 13.2 Å². The largest absolute Gasteiger partial charge is 0.462 e. The van der Waals surface area contributed by atoms with Crippen molar-refractivity contribution in [2.24, 2.45) is 16.8 Å². The molecule has 0 radical (unpaired) electrons. The number of hydrogen-bond acceptors (Lipinski definition) is 9. The number of allylic oxidation sites excluding steroid dienone is 2. The Morgan fingerprint density at radius 2 is 1.76 bits per heavy atom. The number of aliphatic imine (C=N–C) groups is 1. The summed E-state index contributed by atoms with van der Waals surface area (Å²) in [6, 6.07) is 13.7. The fourth-order valence-electron chi connectivity index (χ4n) is 5.53. The van der Waals surface area contributed by atoms with Crippen LogP contribution < -0.4 is 4.74 Å². The average molecular weight is 641 g/mol. The van der Waals surface area contributed by atoms with E-state index in [0.29, 0.717) is 24.1 Å². The van der Waals surface area contributed by atoms with Gasteiger partial charge in [0.05, 0.1) is 30.5 Å². The number of nitrogens with zero attached hydrogens (tertiary/aromatic N) is 2. The molecule has 0 aliphatic carbocycles. The Bertz CT molecular complexity index is 1490. The van der Waals surface area contributed by atoms with Crippen LogP contribution in [0.15, 0.2) is 88.0 Å². The molecule has 2 aliphatic heterocycles. The van der Waals surface area contributed by atoms with Crippen molar-refractivity contribution in [1.82, 2.24) is 4.90 Å². The summed E-state index contributed by atoms with van der Waals surface area (Å²) in [5.74, 6) is 1.20. The number of aliphatic hydroxyl groups excluding tert-OH is 3. The summed E-state index contributed by atoms with van der Waals surface area (Å²) in [4.78, 5) is 6.51. The van der Waals surface area contributed by atoms with Crippen LogP contribution in [0.3, 0.4) is 0 Å². The molecule has 2 aromatic rings. The molecule has 1 fully saturated rings. The normalized spacial score (nSPS) is 24.0. The van der Waals surface area contributed by atoms with E-state index in [4.69, 9.17) is 9.47 Å². The average Bonchev–Trinajstić information content (AvgIpc) is 3.02. The minimum absolute atomic E-state index is 0.0633. The highest BCUT2D eigenvalue weighted by Crippen LogP contribution is 2.28. The van der Waals surface area contributed by atoms with E-state index in [9.17, 15) is 28.3 Å². The van der Waals surface area contributed by atoms with Gasteiger partial charge in [-0.15, -0.1) is 0 Å². The first-order valence-corrected chi connectivity index (χ1v) is 16.8. The van der Waals surface area contributed by atoms with Crippen molar-refractivity contribution in [2.45, 2.75) is 76.0 Å². The van der Waals surface area contributed by atoms with Crippen LogP contribution in [-0.4, -0.2) is 77.3 Å². The molecular weight excluding hydrogens is 596 g/mol. The smallest absolute Gasteiger partial charge is 0.294 e. The second-order valence-corrected chi connectivity index (χ2v) is 13.0. The number of benzene rings is 2. The second kappa shape index (κ2) is 15.8. The quantitative estimate of drug-likeness (QED) is 0.231. The maximum absolute atomic E-state index is 11.4. The van der Waals surface area contributed by atoms with Gasteiger partial charge in [-0.05, 0) is 78.6 Å². The van der Waals surface area contributed by atoms with Crippen LogP contribution >= 0.6 is 0 Å². The lowest BCUT2D eigenvalue weighted by atomic mass is 9.82. The summed E-state index contributed by atoms with van der Waals surface area (Å²) < 4.78 is 43.3. The van der Waals surface area contributed by atoms with Crippen LogP contribution in [0.4, 0.5) is 0 Å². The van der Waals surface area contributed by atoms with Crippen molar-refractivity contribution in [3.63, 3.8) is 0 Å². The van der Waals surface area contributed by atoms with Gasteiger partial charge in [0.2, 0.25) is 6.29 Å². The zero-order valence-corrected chi connectivity index (χ0v) is 26.8. The summed E-state index contributed by atoms with van der Waals surface area (Å²) in [6.07, 6.45) is 9.24. The SMILES string of the molecule is CCC(C=CC1=C(C)N=CN(C=Cc2ccc(OC3OC(CO)C(O)CC3O)cc2)C1)C(CC)Cc1ccc(S(=O)(=O)O)cc1. The summed E-state index contributed by atoms with van der Waals surface area (Å²) in [5.41, 5.74) is 4.05. The van der Waals surface area contributed by atoms with Gasteiger partial charge < -0.3 is 29.7 Å². The third-order valence-corrected chi connectivity index (χ3v) is 9.26. The summed E-state index contributed by atoms with van der Waals surface area (Å²) in [6.45, 7) is 6.65. The van der Waals surface area contributed by atoms with Gasteiger partial charge in [-0.2, -0.15) is 8.42 Å². The fraction of sp³-hybridized carbons (Fsp3) is 0.441. The van der Waals surface area contributed by atoms with Gasteiger partial charge in [0.1, 0.15) is 18.0 Å². The minimum Gasteiger partial charge on any atom is -0.462 e. The molecule has 1 saturated heterocycles. The Labute approximate surface area is 265 Å². The van der Waals surface area contributed by atoms with E-state index in [0.717, 1.165) is 41.7 Å². The van der Waals surface area contributed by atoms with Crippen LogP contribution in [-0.2, 0) is 21.3 Å². The maximum atomic E-state index is 11.4. The lowest BCUT2D eigenvalue weighted by Gasteiger charge is -2.36. The van der Waals surface area contributed by atoms with Crippen molar-refractivity contribution in [1.29, 1.82) is 0 Å². The molecule has 0 bridgehead atoms. The summed E-state index contributed by atoms with van der Waals surface area (Å²) in [7, 11) is -4.20. The maximum Gasteiger partial charge on any atom is 0.294 e. The van der Waals surface area contributed by atoms with Crippen LogP contribution in [0.25, 0.3) is 6.08 Å². The van der Waals surface area contributed by atoms with E-state index in [-0.39, 0.29) is 17.9 Å². The predicted molar refractivity (Wildman–Crippen MR) is 173 cm³/mol. The second-order valence-electron chi connectivity index (χ2n) is 11.5. The van der Waals surface area contributed by atoms with Crippen molar-refractivity contribution in [3.8, 4) is 5.75 Å². The summed E-state index contributed by atoms with van der Waals surface area (Å²) in [5, 5.41) is 29.4. The highest BCUT2D eigenvalue weighted by molar-refractivity contribution is 7.85. The van der Waals surface area contributed by atoms with Crippen LogP contribution in [0, 0.1) is 11.8 Å². The lowest BCUT2D eigenvalue weighted by molar-refractivity contribution is -0.240. The van der Waals surface area contributed by atoms with Crippen LogP contribution in [0.1, 0.15) is 51.2 Å². The first kappa shape index (κ1) is 34.6. The van der Waals surface area contributed by atoms with Crippen LogP contribution in [0.2, 0.25) is 0 Å². The molecule has 4 N–H and O–H groups in total. The summed E-state index contributed by atoms with van der Waals surface area (Å²) >= 11 is 0. The van der Waals surface area contributed by atoms with E-state index in [2.05, 4.69) is 31.0 Å². The number of hydrogen-bond donors (Lipinski definition) is 4. The number of aliphatic hydroxyl groups is 3. The Balaban J connectivity index is 1.34. The van der Waals surface area contributed by atoms with E-state index in [1.54, 1.807) is 30.6 Å². The molecule has 2 heterocycles.